The first-order chi connectivity index (χ1) is 10.6. The molecule has 4 nitrogen and oxygen atoms in total. The number of hydrogen-bond donors (Lipinski definition) is 0. The lowest BCUT2D eigenvalue weighted by Gasteiger charge is -2.15. The molecule has 110 valence electrons. The Kier molecular flexibility index (Phi) is 4.15. The van der Waals surface area contributed by atoms with E-state index in [0.29, 0.717) is 10.4 Å². The maximum atomic E-state index is 4.57. The first-order valence-corrected chi connectivity index (χ1v) is 7.71. The van der Waals surface area contributed by atoms with Crippen LogP contribution < -0.4 is 4.68 Å². The minimum atomic E-state index is 0.587. The molecule has 0 N–H and O–H groups in total. The average Bonchev–Trinajstić information content (AvgIpc) is 2.49. The van der Waals surface area contributed by atoms with Crippen molar-refractivity contribution in [1.29, 1.82) is 0 Å². The number of aryl methyl sites for hydroxylation is 2. The van der Waals surface area contributed by atoms with Gasteiger partial charge >= 0.3 is 0 Å². The van der Waals surface area contributed by atoms with Crippen LogP contribution in [0.4, 0.5) is 5.82 Å². The second kappa shape index (κ2) is 6.23. The Bertz CT molecular complexity index is 783. The van der Waals surface area contributed by atoms with Crippen molar-refractivity contribution in [1.82, 2.24) is 9.97 Å². The molecule has 0 saturated carbocycles. The van der Waals surface area contributed by atoms with Crippen LogP contribution in [0.5, 0.6) is 0 Å². The molecule has 1 aromatic carbocycles. The molecule has 0 saturated heterocycles. The van der Waals surface area contributed by atoms with Crippen molar-refractivity contribution in [2.24, 2.45) is 0 Å². The van der Waals surface area contributed by atoms with Crippen LogP contribution in [0.2, 0.25) is 0 Å². The number of benzene rings is 1. The zero-order chi connectivity index (χ0) is 15.5. The molecule has 22 heavy (non-hydrogen) atoms. The lowest BCUT2D eigenvalue weighted by molar-refractivity contribution is -0.619. The van der Waals surface area contributed by atoms with Gasteiger partial charge in [-0.25, -0.2) is 4.98 Å². The van der Waals surface area contributed by atoms with Crippen LogP contribution in [0, 0.1) is 13.8 Å². The fraction of sp³-hybridized carbons (Fsp3) is 0.118. The summed E-state index contributed by atoms with van der Waals surface area (Å²) in [6, 6.07) is 12.1. The van der Waals surface area contributed by atoms with Crippen molar-refractivity contribution in [3.63, 3.8) is 0 Å². The molecule has 0 radical (unpaired) electrons. The van der Waals surface area contributed by atoms with Crippen LogP contribution >= 0.6 is 15.9 Å². The summed E-state index contributed by atoms with van der Waals surface area (Å²) < 4.78 is 2.42. The molecular weight excluding hydrogens is 340 g/mol. The fourth-order valence-electron chi connectivity index (χ4n) is 2.31. The van der Waals surface area contributed by atoms with Crippen molar-refractivity contribution < 1.29 is 4.68 Å². The van der Waals surface area contributed by atoms with Crippen molar-refractivity contribution in [3.8, 4) is 11.3 Å². The Morgan fingerprint density at radius 2 is 1.68 bits per heavy atom. The summed E-state index contributed by atoms with van der Waals surface area (Å²) >= 11 is 3.39. The molecule has 2 heterocycles. The topological polar surface area (TPSA) is 43.8 Å². The highest BCUT2D eigenvalue weighted by atomic mass is 79.9. The SMILES string of the molecule is Cc1cc(C)cc(-c2nc(Br)cnc2[N-][n+]2ccccc2)c1. The smallest absolute Gasteiger partial charge is 0.182 e. The van der Waals surface area contributed by atoms with E-state index in [1.807, 2.05) is 30.6 Å². The van der Waals surface area contributed by atoms with Crippen molar-refractivity contribution in [3.05, 3.63) is 76.1 Å². The zero-order valence-corrected chi connectivity index (χ0v) is 13.9. The molecule has 5 heteroatoms. The van der Waals surface area contributed by atoms with Crippen molar-refractivity contribution in [2.45, 2.75) is 13.8 Å². The normalized spacial score (nSPS) is 10.5. The van der Waals surface area contributed by atoms with E-state index >= 15 is 0 Å². The van der Waals surface area contributed by atoms with Crippen LogP contribution in [0.15, 0.2) is 59.6 Å². The Balaban J connectivity index is 2.08. The highest BCUT2D eigenvalue weighted by Gasteiger charge is 2.07. The molecule has 0 aliphatic rings. The molecular formula is C17H15BrN4. The first kappa shape index (κ1) is 14.7. The van der Waals surface area contributed by atoms with Gasteiger partial charge in [-0.15, -0.1) is 0 Å². The molecule has 0 aliphatic carbocycles. The lowest BCUT2D eigenvalue weighted by atomic mass is 10.0. The van der Waals surface area contributed by atoms with Gasteiger partial charge in [0.15, 0.2) is 12.4 Å². The van der Waals surface area contributed by atoms with Crippen LogP contribution in [0.25, 0.3) is 16.7 Å². The maximum Gasteiger partial charge on any atom is 0.182 e. The third-order valence-electron chi connectivity index (χ3n) is 3.13. The molecule has 3 rings (SSSR count). The van der Waals surface area contributed by atoms with Crippen molar-refractivity contribution in [2.75, 3.05) is 0 Å². The van der Waals surface area contributed by atoms with Gasteiger partial charge in [0.1, 0.15) is 4.60 Å². The van der Waals surface area contributed by atoms with Crippen LogP contribution in [-0.2, 0) is 0 Å². The third kappa shape index (κ3) is 3.31. The largest absolute Gasteiger partial charge is 0.434 e. The van der Waals surface area contributed by atoms with Gasteiger partial charge in [0, 0.05) is 23.5 Å². The highest BCUT2D eigenvalue weighted by Crippen LogP contribution is 2.30. The van der Waals surface area contributed by atoms with Gasteiger partial charge < -0.3 is 4.98 Å². The summed E-state index contributed by atoms with van der Waals surface area (Å²) in [6.45, 7) is 4.15. The van der Waals surface area contributed by atoms with Gasteiger partial charge in [0.05, 0.1) is 5.69 Å². The molecule has 0 amide bonds. The summed E-state index contributed by atoms with van der Waals surface area (Å²) in [6.07, 6.45) is 5.40. The predicted octanol–water partition coefficient (Wildman–Crippen LogP) is 4.28. The minimum Gasteiger partial charge on any atom is -0.434 e. The summed E-state index contributed by atoms with van der Waals surface area (Å²) in [5.74, 6) is 0.587. The van der Waals surface area contributed by atoms with E-state index in [9.17, 15) is 0 Å². The lowest BCUT2D eigenvalue weighted by Crippen LogP contribution is -2.26. The number of aromatic nitrogens is 3. The van der Waals surface area contributed by atoms with Gasteiger partial charge in [0.25, 0.3) is 0 Å². The zero-order valence-electron chi connectivity index (χ0n) is 12.4. The molecule has 3 aromatic rings. The highest BCUT2D eigenvalue weighted by molar-refractivity contribution is 9.10. The number of hydrogen-bond acceptors (Lipinski definition) is 2. The summed E-state index contributed by atoms with van der Waals surface area (Å²) in [5, 5.41) is 0. The summed E-state index contributed by atoms with van der Waals surface area (Å²) in [4.78, 5) is 8.98. The van der Waals surface area contributed by atoms with Crippen LogP contribution in [0.3, 0.4) is 0 Å². The molecule has 0 bridgehead atoms. The molecule has 0 fully saturated rings. The predicted molar refractivity (Wildman–Crippen MR) is 89.7 cm³/mol. The number of nitrogens with zero attached hydrogens (tertiary/aromatic N) is 4. The Hall–Kier alpha value is -2.27. The number of pyridine rings is 1. The molecule has 0 atom stereocenters. The van der Waals surface area contributed by atoms with Gasteiger partial charge in [-0.1, -0.05) is 23.3 Å². The van der Waals surface area contributed by atoms with E-state index in [2.05, 4.69) is 63.4 Å². The van der Waals surface area contributed by atoms with Gasteiger partial charge in [-0.05, 0) is 48.1 Å². The Labute approximate surface area is 138 Å². The summed E-state index contributed by atoms with van der Waals surface area (Å²) in [5.41, 5.74) is 8.70. The molecule has 2 aromatic heterocycles. The van der Waals surface area contributed by atoms with Crippen molar-refractivity contribution >= 4 is 21.7 Å². The maximum absolute atomic E-state index is 4.57. The second-order valence-corrected chi connectivity index (χ2v) is 5.91. The minimum absolute atomic E-state index is 0.587. The standard InChI is InChI=1S/C17H15BrN4/c1-12-8-13(2)10-14(9-12)16-17(19-11-15(18)20-16)21-22-6-4-3-5-7-22/h3-11H,1-2H3. The van der Waals surface area contributed by atoms with Gasteiger partial charge in [0.2, 0.25) is 0 Å². The molecule has 0 unspecified atom stereocenters. The van der Waals surface area contributed by atoms with Gasteiger partial charge in [-0.2, -0.15) is 10.1 Å². The van der Waals surface area contributed by atoms with Crippen LogP contribution in [0.1, 0.15) is 11.1 Å². The van der Waals surface area contributed by atoms with Crippen LogP contribution in [-0.4, -0.2) is 9.97 Å². The van der Waals surface area contributed by atoms with E-state index in [4.69, 9.17) is 0 Å². The number of halogens is 1. The monoisotopic (exact) mass is 354 g/mol. The van der Waals surface area contributed by atoms with E-state index < -0.39 is 0 Å². The quantitative estimate of drug-likeness (QED) is 0.659. The fourth-order valence-corrected chi connectivity index (χ4v) is 2.58. The van der Waals surface area contributed by atoms with E-state index in [1.54, 1.807) is 10.9 Å². The second-order valence-electron chi connectivity index (χ2n) is 5.10. The Morgan fingerprint density at radius 1 is 1.00 bits per heavy atom. The van der Waals surface area contributed by atoms with E-state index in [-0.39, 0.29) is 0 Å². The third-order valence-corrected chi connectivity index (χ3v) is 3.51. The summed E-state index contributed by atoms with van der Waals surface area (Å²) in [7, 11) is 0. The average molecular weight is 355 g/mol. The van der Waals surface area contributed by atoms with E-state index in [1.165, 1.54) is 11.1 Å². The number of rotatable bonds is 3. The first-order valence-electron chi connectivity index (χ1n) is 6.91. The Morgan fingerprint density at radius 3 is 2.36 bits per heavy atom. The van der Waals surface area contributed by atoms with E-state index in [0.717, 1.165) is 11.3 Å². The molecule has 0 spiro atoms. The van der Waals surface area contributed by atoms with Gasteiger partial charge in [-0.3, -0.25) is 0 Å². The molecule has 0 aliphatic heterocycles.